The van der Waals surface area contributed by atoms with E-state index in [9.17, 15) is 43.3 Å². The second kappa shape index (κ2) is 45.4. The van der Waals surface area contributed by atoms with Crippen molar-refractivity contribution in [2.45, 2.75) is 275 Å². The van der Waals surface area contributed by atoms with Crippen LogP contribution in [0.1, 0.15) is 226 Å². The van der Waals surface area contributed by atoms with Gasteiger partial charge in [-0.05, 0) is 77.0 Å². The molecule has 8 atom stereocenters. The molecule has 14 heteroatoms. The van der Waals surface area contributed by atoms with Crippen LogP contribution in [0.4, 0.5) is 0 Å². The Kier molecular flexibility index (Phi) is 42.6. The van der Waals surface area contributed by atoms with Gasteiger partial charge in [0.25, 0.3) is 0 Å². The van der Waals surface area contributed by atoms with Crippen molar-refractivity contribution in [2.24, 2.45) is 0 Å². The zero-order chi connectivity index (χ0) is 51.3. The SMILES string of the molecule is CCCCCCCCCCC/C=C\C/C=C\CCCCCCCCC(O)C(=O)NC(COC1OC(CO)C(O)C(OS(=O)(=O)O)C1O)C(O)/C=C/CC/C=C/CC/C=C/CCCCCCCCCCC. The zero-order valence-corrected chi connectivity index (χ0v) is 44.5. The van der Waals surface area contributed by atoms with E-state index in [1.807, 2.05) is 0 Å². The lowest BCUT2D eigenvalue weighted by molar-refractivity contribution is -0.298. The molecule has 1 heterocycles. The van der Waals surface area contributed by atoms with Gasteiger partial charge < -0.3 is 40.3 Å². The summed E-state index contributed by atoms with van der Waals surface area (Å²) >= 11 is 0. The Bertz CT molecular complexity index is 1490. The maximum atomic E-state index is 13.2. The first kappa shape index (κ1) is 65.8. The van der Waals surface area contributed by atoms with Gasteiger partial charge in [-0.15, -0.1) is 0 Å². The molecule has 0 radical (unpaired) electrons. The van der Waals surface area contributed by atoms with E-state index in [1.165, 1.54) is 128 Å². The van der Waals surface area contributed by atoms with Gasteiger partial charge in [-0.25, -0.2) is 4.18 Å². The van der Waals surface area contributed by atoms with Crippen LogP contribution in [0.2, 0.25) is 0 Å². The molecule has 1 aliphatic heterocycles. The van der Waals surface area contributed by atoms with Gasteiger partial charge >= 0.3 is 10.4 Å². The van der Waals surface area contributed by atoms with Crippen molar-refractivity contribution in [1.29, 1.82) is 0 Å². The summed E-state index contributed by atoms with van der Waals surface area (Å²) < 4.78 is 47.7. The Morgan fingerprint density at radius 2 is 1.00 bits per heavy atom. The number of aliphatic hydroxyl groups excluding tert-OH is 5. The van der Waals surface area contributed by atoms with Gasteiger partial charge in [0.05, 0.1) is 25.4 Å². The number of rotatable bonds is 47. The van der Waals surface area contributed by atoms with E-state index in [2.05, 4.69) is 72.0 Å². The van der Waals surface area contributed by atoms with Crippen LogP contribution >= 0.6 is 0 Å². The van der Waals surface area contributed by atoms with Gasteiger partial charge in [-0.3, -0.25) is 9.35 Å². The van der Waals surface area contributed by atoms with Crippen molar-refractivity contribution < 1.29 is 57.0 Å². The third kappa shape index (κ3) is 36.6. The molecule has 0 aromatic rings. The number of nitrogens with one attached hydrogen (secondary N) is 1. The minimum atomic E-state index is -5.13. The number of ether oxygens (including phenoxy) is 2. The molecule has 8 unspecified atom stereocenters. The number of allylic oxidation sites excluding steroid dienone is 9. The largest absolute Gasteiger partial charge is 0.397 e. The smallest absolute Gasteiger partial charge is 0.394 e. The lowest BCUT2D eigenvalue weighted by Gasteiger charge is -2.41. The van der Waals surface area contributed by atoms with E-state index in [0.29, 0.717) is 12.8 Å². The number of hydrogen-bond donors (Lipinski definition) is 7. The van der Waals surface area contributed by atoms with E-state index in [1.54, 1.807) is 6.08 Å². The monoisotopic (exact) mass is 1010 g/mol. The normalized spacial score (nSPS) is 20.5. The molecule has 1 saturated heterocycles. The Labute approximate surface area is 425 Å². The summed E-state index contributed by atoms with van der Waals surface area (Å²) in [6, 6.07) is -1.15. The Morgan fingerprint density at radius 1 is 0.586 bits per heavy atom. The average Bonchev–Trinajstić information content (AvgIpc) is 3.33. The highest BCUT2D eigenvalue weighted by molar-refractivity contribution is 7.80. The maximum Gasteiger partial charge on any atom is 0.397 e. The highest BCUT2D eigenvalue weighted by Crippen LogP contribution is 2.26. The van der Waals surface area contributed by atoms with Crippen molar-refractivity contribution in [3.05, 3.63) is 60.8 Å². The highest BCUT2D eigenvalue weighted by atomic mass is 32.3. The van der Waals surface area contributed by atoms with E-state index in [4.69, 9.17) is 9.47 Å². The summed E-state index contributed by atoms with van der Waals surface area (Å²) in [4.78, 5) is 13.2. The summed E-state index contributed by atoms with van der Waals surface area (Å²) in [6.45, 7) is 3.21. The van der Waals surface area contributed by atoms with Crippen molar-refractivity contribution >= 4 is 16.3 Å². The molecule has 1 rings (SSSR count). The Hall–Kier alpha value is -2.24. The highest BCUT2D eigenvalue weighted by Gasteiger charge is 2.48. The van der Waals surface area contributed by atoms with Crippen molar-refractivity contribution in [3.8, 4) is 0 Å². The van der Waals surface area contributed by atoms with Crippen LogP contribution < -0.4 is 5.32 Å². The molecule has 1 amide bonds. The lowest BCUT2D eigenvalue weighted by Crippen LogP contribution is -2.61. The molecule has 408 valence electrons. The van der Waals surface area contributed by atoms with Gasteiger partial charge in [0.15, 0.2) is 6.29 Å². The summed E-state index contributed by atoms with van der Waals surface area (Å²) in [5.41, 5.74) is 0. The third-order valence-corrected chi connectivity index (χ3v) is 13.3. The molecular weight excluding hydrogens is 911 g/mol. The fourth-order valence-electron chi connectivity index (χ4n) is 8.46. The van der Waals surface area contributed by atoms with Gasteiger partial charge in [0.2, 0.25) is 5.91 Å². The molecular formula is C56H101NO12S. The van der Waals surface area contributed by atoms with Crippen molar-refractivity contribution in [3.63, 3.8) is 0 Å². The average molecular weight is 1010 g/mol. The molecule has 0 bridgehead atoms. The molecule has 1 fully saturated rings. The summed E-state index contributed by atoms with van der Waals surface area (Å²) in [5.74, 6) is -0.724. The van der Waals surface area contributed by atoms with Crippen LogP contribution in [0.15, 0.2) is 60.8 Å². The number of aliphatic hydroxyl groups is 5. The molecule has 13 nitrogen and oxygen atoms in total. The summed E-state index contributed by atoms with van der Waals surface area (Å²) in [5, 5.41) is 55.4. The molecule has 1 aliphatic rings. The molecule has 7 N–H and O–H groups in total. The number of amides is 1. The lowest BCUT2D eigenvalue weighted by atomic mass is 9.99. The van der Waals surface area contributed by atoms with Crippen molar-refractivity contribution in [1.82, 2.24) is 5.32 Å². The minimum Gasteiger partial charge on any atom is -0.394 e. The number of unbranched alkanes of at least 4 members (excludes halogenated alkanes) is 26. The van der Waals surface area contributed by atoms with Crippen LogP contribution in [-0.2, 0) is 28.9 Å². The van der Waals surface area contributed by atoms with Gasteiger partial charge in [0, 0.05) is 0 Å². The standard InChI is InChI=1S/C56H101NO12S/c1-3-5-7-9-11-13-15-17-19-21-23-24-25-27-29-31-33-35-37-39-41-43-45-50(60)55(63)57-48(47-67-56-53(62)54(69-70(64,65)66)52(61)51(46-58)68-56)49(59)44-42-40-38-36-34-32-30-28-26-22-20-18-16-14-12-10-8-6-4-2/h23-24,26-29,34,36,42,44,48-54,56,58-62H,3-22,25,30-33,35,37-41,43,45-47H2,1-2H3,(H,57,63)(H,64,65,66)/b24-23-,28-26+,29-27-,36-34+,44-42+. The quantitative estimate of drug-likeness (QED) is 0.0172. The van der Waals surface area contributed by atoms with Gasteiger partial charge in [-0.1, -0.05) is 209 Å². The Balaban J connectivity index is 2.51. The fourth-order valence-corrected chi connectivity index (χ4v) is 8.97. The molecule has 0 spiro atoms. The van der Waals surface area contributed by atoms with Crippen molar-refractivity contribution in [2.75, 3.05) is 13.2 Å². The maximum absolute atomic E-state index is 13.2. The first-order valence-electron chi connectivity index (χ1n) is 27.8. The van der Waals surface area contributed by atoms with E-state index < -0.39 is 78.5 Å². The second-order valence-electron chi connectivity index (χ2n) is 19.3. The molecule has 0 saturated carbocycles. The Morgan fingerprint density at radius 3 is 1.46 bits per heavy atom. The molecule has 70 heavy (non-hydrogen) atoms. The zero-order valence-electron chi connectivity index (χ0n) is 43.7. The first-order valence-corrected chi connectivity index (χ1v) is 29.1. The summed E-state index contributed by atoms with van der Waals surface area (Å²) in [7, 11) is -5.13. The van der Waals surface area contributed by atoms with Crippen LogP contribution in [-0.4, -0.2) is 107 Å². The molecule has 0 aliphatic carbocycles. The van der Waals surface area contributed by atoms with Crippen LogP contribution in [0, 0.1) is 0 Å². The predicted molar refractivity (Wildman–Crippen MR) is 283 cm³/mol. The van der Waals surface area contributed by atoms with E-state index in [-0.39, 0.29) is 6.42 Å². The van der Waals surface area contributed by atoms with Crippen LogP contribution in [0.3, 0.4) is 0 Å². The number of carbonyl (C=O) groups excluding carboxylic acids is 1. The minimum absolute atomic E-state index is 0.220. The van der Waals surface area contributed by atoms with Gasteiger partial charge in [-0.2, -0.15) is 8.42 Å². The first-order chi connectivity index (χ1) is 33.9. The fraction of sp³-hybridized carbons (Fsp3) is 0.804. The van der Waals surface area contributed by atoms with Crippen LogP contribution in [0.5, 0.6) is 0 Å². The number of hydrogen-bond acceptors (Lipinski definition) is 11. The van der Waals surface area contributed by atoms with E-state index >= 15 is 0 Å². The van der Waals surface area contributed by atoms with Crippen LogP contribution in [0.25, 0.3) is 0 Å². The summed E-state index contributed by atoms with van der Waals surface area (Å²) in [6.07, 6.45) is 47.2. The van der Waals surface area contributed by atoms with E-state index in [0.717, 1.165) is 70.6 Å². The molecule has 0 aromatic heterocycles. The molecule has 0 aromatic carbocycles. The second-order valence-corrected chi connectivity index (χ2v) is 20.3. The number of carbonyl (C=O) groups is 1. The van der Waals surface area contributed by atoms with Gasteiger partial charge in [0.1, 0.15) is 30.5 Å². The topological polar surface area (TPSA) is 212 Å². The predicted octanol–water partition coefficient (Wildman–Crippen LogP) is 11.5. The third-order valence-electron chi connectivity index (χ3n) is 12.9.